The van der Waals surface area contributed by atoms with Crippen LogP contribution in [-0.2, 0) is 11.2 Å². The van der Waals surface area contributed by atoms with Gasteiger partial charge in [0.2, 0.25) is 0 Å². The number of aromatic nitrogens is 1. The summed E-state index contributed by atoms with van der Waals surface area (Å²) in [6.45, 7) is 1.92. The molecule has 5 rings (SSSR count). The molecular weight excluding hydrogens is 382 g/mol. The Morgan fingerprint density at radius 3 is 3.03 bits per heavy atom. The number of hydrogen-bond acceptors (Lipinski definition) is 7. The molecule has 0 saturated heterocycles. The number of nitrogens with one attached hydrogen (secondary N) is 1. The SMILES string of the molecule is CCOC(=O)c1c(C2Cc3ccccc3N2)oc(C=C2C=Nc3ncccc32)c1O. The standard InChI is InChI=1S/C23H19N3O4/c1-2-29-23(28)19-20(27)18(11-14-12-25-22-15(14)7-5-9-24-22)30-21(19)17-10-13-6-3-4-8-16(13)26-17/h3-9,11-12,17,26-27H,2,10H2,1H3. The molecule has 1 atom stereocenters. The number of fused-ring (bicyclic) bond motifs is 2. The quantitative estimate of drug-likeness (QED) is 0.624. The zero-order valence-electron chi connectivity index (χ0n) is 16.3. The molecule has 4 heterocycles. The minimum atomic E-state index is -0.613. The number of benzene rings is 1. The molecule has 0 bridgehead atoms. The lowest BCUT2D eigenvalue weighted by Crippen LogP contribution is -2.12. The molecular formula is C23H19N3O4. The van der Waals surface area contributed by atoms with Gasteiger partial charge >= 0.3 is 5.97 Å². The van der Waals surface area contributed by atoms with E-state index in [-0.39, 0.29) is 29.7 Å². The minimum Gasteiger partial charge on any atom is -0.504 e. The first-order chi connectivity index (χ1) is 14.7. The van der Waals surface area contributed by atoms with Gasteiger partial charge in [-0.25, -0.2) is 14.8 Å². The molecule has 2 aliphatic rings. The second kappa shape index (κ2) is 7.18. The zero-order chi connectivity index (χ0) is 20.7. The van der Waals surface area contributed by atoms with Gasteiger partial charge in [0.25, 0.3) is 0 Å². The highest BCUT2D eigenvalue weighted by Crippen LogP contribution is 2.42. The van der Waals surface area contributed by atoms with Crippen LogP contribution in [0.5, 0.6) is 5.75 Å². The number of anilines is 1. The lowest BCUT2D eigenvalue weighted by molar-refractivity contribution is 0.0520. The summed E-state index contributed by atoms with van der Waals surface area (Å²) in [7, 11) is 0. The summed E-state index contributed by atoms with van der Waals surface area (Å²) in [5.74, 6) is 0.297. The van der Waals surface area contributed by atoms with Gasteiger partial charge in [0.05, 0.1) is 12.6 Å². The maximum Gasteiger partial charge on any atom is 0.345 e. The number of nitrogens with zero attached hydrogens (tertiary/aromatic N) is 2. The molecule has 2 aliphatic heterocycles. The number of ether oxygens (including phenoxy) is 1. The third-order valence-electron chi connectivity index (χ3n) is 5.21. The lowest BCUT2D eigenvalue weighted by atomic mass is 10.0. The third kappa shape index (κ3) is 2.95. The summed E-state index contributed by atoms with van der Waals surface area (Å²) in [5, 5.41) is 14.2. The number of para-hydroxylation sites is 1. The predicted octanol–water partition coefficient (Wildman–Crippen LogP) is 4.52. The van der Waals surface area contributed by atoms with Gasteiger partial charge in [-0.2, -0.15) is 0 Å². The Morgan fingerprint density at radius 1 is 1.33 bits per heavy atom. The molecule has 1 aromatic carbocycles. The van der Waals surface area contributed by atoms with Gasteiger partial charge < -0.3 is 19.6 Å². The number of rotatable bonds is 4. The van der Waals surface area contributed by atoms with Gasteiger partial charge in [-0.1, -0.05) is 18.2 Å². The van der Waals surface area contributed by atoms with Crippen molar-refractivity contribution < 1.29 is 19.1 Å². The smallest absolute Gasteiger partial charge is 0.345 e. The number of carbonyl (C=O) groups excluding carboxylic acids is 1. The van der Waals surface area contributed by atoms with Crippen LogP contribution >= 0.6 is 0 Å². The molecule has 0 fully saturated rings. The average Bonchev–Trinajstić information content (AvgIpc) is 3.44. The molecule has 7 heteroatoms. The van der Waals surface area contributed by atoms with Crippen molar-refractivity contribution in [3.05, 3.63) is 70.8 Å². The van der Waals surface area contributed by atoms with E-state index in [9.17, 15) is 9.90 Å². The molecule has 0 radical (unpaired) electrons. The van der Waals surface area contributed by atoms with Crippen molar-refractivity contribution in [1.29, 1.82) is 0 Å². The molecule has 7 nitrogen and oxygen atoms in total. The van der Waals surface area contributed by atoms with Gasteiger partial charge in [-0.3, -0.25) is 0 Å². The van der Waals surface area contributed by atoms with Gasteiger partial charge in [-0.15, -0.1) is 0 Å². The second-order valence-electron chi connectivity index (χ2n) is 7.07. The van der Waals surface area contributed by atoms with Gasteiger partial charge in [-0.05, 0) is 36.8 Å². The molecule has 150 valence electrons. The van der Waals surface area contributed by atoms with E-state index in [0.717, 1.165) is 22.4 Å². The van der Waals surface area contributed by atoms with E-state index in [4.69, 9.17) is 9.15 Å². The molecule has 1 unspecified atom stereocenters. The maximum atomic E-state index is 12.6. The topological polar surface area (TPSA) is 97.0 Å². The lowest BCUT2D eigenvalue weighted by Gasteiger charge is -2.10. The number of aliphatic imine (C=N–C) groups is 1. The van der Waals surface area contributed by atoms with E-state index < -0.39 is 5.97 Å². The van der Waals surface area contributed by atoms with Crippen molar-refractivity contribution in [2.24, 2.45) is 4.99 Å². The van der Waals surface area contributed by atoms with Gasteiger partial charge in [0.1, 0.15) is 11.3 Å². The van der Waals surface area contributed by atoms with Crippen molar-refractivity contribution in [1.82, 2.24) is 4.98 Å². The highest BCUT2D eigenvalue weighted by Gasteiger charge is 2.34. The Hall–Kier alpha value is -3.87. The number of allylic oxidation sites excluding steroid dienone is 1. The van der Waals surface area contributed by atoms with Crippen molar-refractivity contribution >= 4 is 35.3 Å². The molecule has 0 saturated carbocycles. The second-order valence-corrected chi connectivity index (χ2v) is 7.07. The summed E-state index contributed by atoms with van der Waals surface area (Å²) in [4.78, 5) is 21.1. The number of esters is 1. The zero-order valence-corrected chi connectivity index (χ0v) is 16.3. The first-order valence-electron chi connectivity index (χ1n) is 9.74. The molecule has 30 heavy (non-hydrogen) atoms. The van der Waals surface area contributed by atoms with Gasteiger partial charge in [0, 0.05) is 35.7 Å². The largest absolute Gasteiger partial charge is 0.504 e. The Kier molecular flexibility index (Phi) is 4.35. The van der Waals surface area contributed by atoms with Crippen molar-refractivity contribution in [3.63, 3.8) is 0 Å². The predicted molar refractivity (Wildman–Crippen MR) is 113 cm³/mol. The van der Waals surface area contributed by atoms with E-state index in [1.807, 2.05) is 36.4 Å². The van der Waals surface area contributed by atoms with E-state index in [2.05, 4.69) is 15.3 Å². The van der Waals surface area contributed by atoms with E-state index in [1.165, 1.54) is 0 Å². The normalized spacial score (nSPS) is 17.6. The fourth-order valence-corrected chi connectivity index (χ4v) is 3.84. The monoisotopic (exact) mass is 401 g/mol. The summed E-state index contributed by atoms with van der Waals surface area (Å²) >= 11 is 0. The Morgan fingerprint density at radius 2 is 2.20 bits per heavy atom. The van der Waals surface area contributed by atoms with E-state index in [1.54, 1.807) is 25.4 Å². The molecule has 0 aliphatic carbocycles. The Balaban J connectivity index is 1.57. The number of furan rings is 1. The number of carbonyl (C=O) groups is 1. The van der Waals surface area contributed by atoms with Crippen LogP contribution < -0.4 is 5.32 Å². The van der Waals surface area contributed by atoms with Crippen LogP contribution in [0.3, 0.4) is 0 Å². The van der Waals surface area contributed by atoms with Crippen LogP contribution in [0.15, 0.2) is 52.0 Å². The number of aromatic hydroxyl groups is 1. The first kappa shape index (κ1) is 18.2. The van der Waals surface area contributed by atoms with Crippen LogP contribution in [0.4, 0.5) is 11.5 Å². The summed E-state index contributed by atoms with van der Waals surface area (Å²) < 4.78 is 11.2. The van der Waals surface area contributed by atoms with Crippen LogP contribution in [-0.4, -0.2) is 28.9 Å². The summed E-state index contributed by atoms with van der Waals surface area (Å²) in [6.07, 6.45) is 5.64. The molecule has 2 aromatic heterocycles. The van der Waals surface area contributed by atoms with E-state index in [0.29, 0.717) is 18.0 Å². The van der Waals surface area contributed by atoms with Crippen molar-refractivity contribution in [3.8, 4) is 5.75 Å². The minimum absolute atomic E-state index is 0.0513. The highest BCUT2D eigenvalue weighted by atomic mass is 16.5. The molecule has 2 N–H and O–H groups in total. The highest BCUT2D eigenvalue weighted by molar-refractivity contribution is 6.21. The van der Waals surface area contributed by atoms with Crippen LogP contribution in [0.1, 0.15) is 46.0 Å². The van der Waals surface area contributed by atoms with Crippen molar-refractivity contribution in [2.75, 3.05) is 11.9 Å². The molecule has 0 spiro atoms. The number of hydrogen-bond donors (Lipinski definition) is 2. The Labute approximate surface area is 172 Å². The van der Waals surface area contributed by atoms with Gasteiger partial charge in [0.15, 0.2) is 17.3 Å². The fourth-order valence-electron chi connectivity index (χ4n) is 3.84. The van der Waals surface area contributed by atoms with E-state index >= 15 is 0 Å². The average molecular weight is 401 g/mol. The summed E-state index contributed by atoms with van der Waals surface area (Å²) in [5.41, 5.74) is 3.73. The maximum absolute atomic E-state index is 12.6. The summed E-state index contributed by atoms with van der Waals surface area (Å²) in [6, 6.07) is 11.3. The molecule has 3 aromatic rings. The van der Waals surface area contributed by atoms with Crippen LogP contribution in [0.2, 0.25) is 0 Å². The van der Waals surface area contributed by atoms with Crippen LogP contribution in [0.25, 0.3) is 11.6 Å². The van der Waals surface area contributed by atoms with Crippen molar-refractivity contribution in [2.45, 2.75) is 19.4 Å². The first-order valence-corrected chi connectivity index (χ1v) is 9.74. The Bertz CT molecular complexity index is 1180. The van der Waals surface area contributed by atoms with Crippen LogP contribution in [0, 0.1) is 0 Å². The third-order valence-corrected chi connectivity index (χ3v) is 5.21. The fraction of sp³-hybridized carbons (Fsp3) is 0.174. The molecule has 0 amide bonds. The number of pyridine rings is 1.